The van der Waals surface area contributed by atoms with Crippen LogP contribution < -0.4 is 0 Å². The van der Waals surface area contributed by atoms with Gasteiger partial charge < -0.3 is 4.90 Å². The Bertz CT molecular complexity index is 321. The average Bonchev–Trinajstić information content (AvgIpc) is 2.37. The van der Waals surface area contributed by atoms with Gasteiger partial charge in [0.25, 0.3) is 0 Å². The van der Waals surface area contributed by atoms with E-state index < -0.39 is 0 Å². The van der Waals surface area contributed by atoms with Gasteiger partial charge in [0.2, 0.25) is 5.91 Å². The van der Waals surface area contributed by atoms with Crippen LogP contribution >= 0.6 is 0 Å². The number of piperidine rings is 2. The Morgan fingerprint density at radius 1 is 1.21 bits per heavy atom. The Hall–Kier alpha value is -0.570. The highest BCUT2D eigenvalue weighted by atomic mass is 16.2. The number of hydrogen-bond donors (Lipinski definition) is 0. The van der Waals surface area contributed by atoms with Crippen LogP contribution in [0, 0.1) is 5.92 Å². The summed E-state index contributed by atoms with van der Waals surface area (Å²) < 4.78 is 0. The van der Waals surface area contributed by atoms with Crippen LogP contribution in [0.5, 0.6) is 0 Å². The maximum Gasteiger partial charge on any atom is 0.222 e. The minimum absolute atomic E-state index is 0.218. The maximum atomic E-state index is 12.2. The highest BCUT2D eigenvalue weighted by Crippen LogP contribution is 2.31. The molecule has 2 atom stereocenters. The van der Waals surface area contributed by atoms with E-state index in [0.29, 0.717) is 17.9 Å². The lowest BCUT2D eigenvalue weighted by Crippen LogP contribution is -2.59. The van der Waals surface area contributed by atoms with Crippen LogP contribution in [0.15, 0.2) is 0 Å². The van der Waals surface area contributed by atoms with Gasteiger partial charge in [0, 0.05) is 31.1 Å². The van der Waals surface area contributed by atoms with Gasteiger partial charge in [-0.25, -0.2) is 0 Å². The molecule has 2 rings (SSSR count). The molecule has 0 spiro atoms. The summed E-state index contributed by atoms with van der Waals surface area (Å²) in [5, 5.41) is 0. The van der Waals surface area contributed by atoms with Crippen LogP contribution in [-0.2, 0) is 4.79 Å². The van der Waals surface area contributed by atoms with Gasteiger partial charge in [0.15, 0.2) is 0 Å². The highest BCUT2D eigenvalue weighted by molar-refractivity contribution is 5.77. The standard InChI is InChI=1S/C16H30N2O/c1-5-13-9-11-17(16(2,3)4)12-14(13)18-10-7-6-8-15(18)19/h13-14H,5-12H2,1-4H3/t13-,14-/m1/s1. The molecule has 2 heterocycles. The molecule has 0 aliphatic carbocycles. The Morgan fingerprint density at radius 3 is 2.53 bits per heavy atom. The van der Waals surface area contributed by atoms with E-state index in [9.17, 15) is 4.79 Å². The molecule has 2 aliphatic rings. The zero-order valence-corrected chi connectivity index (χ0v) is 13.1. The number of carbonyl (C=O) groups excluding carboxylic acids is 1. The summed E-state index contributed by atoms with van der Waals surface area (Å²) in [7, 11) is 0. The molecule has 0 aromatic carbocycles. The van der Waals surface area contributed by atoms with Gasteiger partial charge in [-0.15, -0.1) is 0 Å². The van der Waals surface area contributed by atoms with E-state index in [0.717, 1.165) is 25.9 Å². The Labute approximate surface area is 118 Å². The molecule has 0 aromatic rings. The molecule has 2 saturated heterocycles. The molecule has 110 valence electrons. The van der Waals surface area contributed by atoms with Crippen molar-refractivity contribution in [1.82, 2.24) is 9.80 Å². The lowest BCUT2D eigenvalue weighted by Gasteiger charge is -2.49. The van der Waals surface area contributed by atoms with Crippen molar-refractivity contribution >= 4 is 5.91 Å². The molecule has 3 heteroatoms. The summed E-state index contributed by atoms with van der Waals surface area (Å²) in [4.78, 5) is 17.0. The fourth-order valence-electron chi connectivity index (χ4n) is 3.60. The van der Waals surface area contributed by atoms with Crippen LogP contribution in [0.1, 0.15) is 59.8 Å². The van der Waals surface area contributed by atoms with Gasteiger partial charge in [0.05, 0.1) is 0 Å². The minimum atomic E-state index is 0.218. The van der Waals surface area contributed by atoms with Crippen molar-refractivity contribution in [3.8, 4) is 0 Å². The molecule has 1 amide bonds. The zero-order chi connectivity index (χ0) is 14.0. The van der Waals surface area contributed by atoms with Gasteiger partial charge >= 0.3 is 0 Å². The van der Waals surface area contributed by atoms with E-state index >= 15 is 0 Å². The third kappa shape index (κ3) is 3.31. The molecule has 2 fully saturated rings. The van der Waals surface area contributed by atoms with Crippen LogP contribution in [0.2, 0.25) is 0 Å². The SMILES string of the molecule is CC[C@@H]1CCN(C(C)(C)C)C[C@H]1N1CCCCC1=O. The van der Waals surface area contributed by atoms with Crippen molar-refractivity contribution < 1.29 is 4.79 Å². The summed E-state index contributed by atoms with van der Waals surface area (Å²) >= 11 is 0. The second kappa shape index (κ2) is 5.82. The Morgan fingerprint density at radius 2 is 1.95 bits per heavy atom. The Balaban J connectivity index is 2.11. The number of amides is 1. The molecule has 0 radical (unpaired) electrons. The average molecular weight is 266 g/mol. The van der Waals surface area contributed by atoms with Crippen molar-refractivity contribution in [1.29, 1.82) is 0 Å². The van der Waals surface area contributed by atoms with Crippen LogP contribution in [0.4, 0.5) is 0 Å². The summed E-state index contributed by atoms with van der Waals surface area (Å²) in [5.41, 5.74) is 0.218. The number of nitrogens with zero attached hydrogens (tertiary/aromatic N) is 2. The zero-order valence-electron chi connectivity index (χ0n) is 13.1. The number of hydrogen-bond acceptors (Lipinski definition) is 2. The fraction of sp³-hybridized carbons (Fsp3) is 0.938. The predicted molar refractivity (Wildman–Crippen MR) is 79.1 cm³/mol. The highest BCUT2D eigenvalue weighted by Gasteiger charge is 2.38. The first kappa shape index (κ1) is 14.8. The summed E-state index contributed by atoms with van der Waals surface area (Å²) in [6.07, 6.45) is 5.48. The second-order valence-electron chi connectivity index (χ2n) is 7.19. The first-order chi connectivity index (χ1) is 8.93. The monoisotopic (exact) mass is 266 g/mol. The molecule has 0 bridgehead atoms. The van der Waals surface area contributed by atoms with Crippen molar-refractivity contribution in [2.75, 3.05) is 19.6 Å². The lowest BCUT2D eigenvalue weighted by atomic mass is 9.85. The van der Waals surface area contributed by atoms with Gasteiger partial charge in [-0.05, 0) is 52.5 Å². The lowest BCUT2D eigenvalue weighted by molar-refractivity contribution is -0.139. The maximum absolute atomic E-state index is 12.2. The molecular weight excluding hydrogens is 236 g/mol. The molecule has 0 unspecified atom stereocenters. The van der Waals surface area contributed by atoms with Gasteiger partial charge in [-0.3, -0.25) is 9.69 Å². The number of carbonyl (C=O) groups is 1. The number of likely N-dealkylation sites (tertiary alicyclic amines) is 2. The van der Waals surface area contributed by atoms with E-state index in [4.69, 9.17) is 0 Å². The molecule has 19 heavy (non-hydrogen) atoms. The van der Waals surface area contributed by atoms with E-state index in [-0.39, 0.29) is 5.54 Å². The van der Waals surface area contributed by atoms with Gasteiger partial charge in [0.1, 0.15) is 0 Å². The second-order valence-corrected chi connectivity index (χ2v) is 7.19. The van der Waals surface area contributed by atoms with Gasteiger partial charge in [-0.1, -0.05) is 13.3 Å². The Kier molecular flexibility index (Phi) is 4.54. The van der Waals surface area contributed by atoms with Crippen molar-refractivity contribution in [3.05, 3.63) is 0 Å². The molecule has 2 aliphatic heterocycles. The number of rotatable bonds is 2. The molecule has 3 nitrogen and oxygen atoms in total. The summed E-state index contributed by atoms with van der Waals surface area (Å²) in [6.45, 7) is 12.4. The predicted octanol–water partition coefficient (Wildman–Crippen LogP) is 2.90. The topological polar surface area (TPSA) is 23.6 Å². The van der Waals surface area contributed by atoms with Crippen molar-refractivity contribution in [2.45, 2.75) is 71.4 Å². The smallest absolute Gasteiger partial charge is 0.222 e. The summed E-state index contributed by atoms with van der Waals surface area (Å²) in [5.74, 6) is 1.09. The molecule has 0 aromatic heterocycles. The largest absolute Gasteiger partial charge is 0.338 e. The van der Waals surface area contributed by atoms with Crippen LogP contribution in [-0.4, -0.2) is 46.9 Å². The molecule has 0 saturated carbocycles. The van der Waals surface area contributed by atoms with Crippen molar-refractivity contribution in [2.24, 2.45) is 5.92 Å². The molecular formula is C16H30N2O. The van der Waals surface area contributed by atoms with Crippen LogP contribution in [0.3, 0.4) is 0 Å². The first-order valence-corrected chi connectivity index (χ1v) is 7.98. The normalized spacial score (nSPS) is 30.7. The first-order valence-electron chi connectivity index (χ1n) is 7.98. The van der Waals surface area contributed by atoms with Crippen molar-refractivity contribution in [3.63, 3.8) is 0 Å². The minimum Gasteiger partial charge on any atom is -0.338 e. The molecule has 0 N–H and O–H groups in total. The van der Waals surface area contributed by atoms with Crippen LogP contribution in [0.25, 0.3) is 0 Å². The van der Waals surface area contributed by atoms with E-state index in [1.54, 1.807) is 0 Å². The fourth-order valence-corrected chi connectivity index (χ4v) is 3.60. The van der Waals surface area contributed by atoms with Gasteiger partial charge in [-0.2, -0.15) is 0 Å². The summed E-state index contributed by atoms with van der Waals surface area (Å²) in [6, 6.07) is 0.450. The van der Waals surface area contributed by atoms with E-state index in [2.05, 4.69) is 37.5 Å². The third-order valence-electron chi connectivity index (χ3n) is 4.95. The van der Waals surface area contributed by atoms with E-state index in [1.165, 1.54) is 25.8 Å². The third-order valence-corrected chi connectivity index (χ3v) is 4.95. The quantitative estimate of drug-likeness (QED) is 0.767. The van der Waals surface area contributed by atoms with E-state index in [1.807, 2.05) is 0 Å².